The molecule has 0 aromatic heterocycles. The van der Waals surface area contributed by atoms with Crippen molar-refractivity contribution in [3.8, 4) is 6.07 Å². The Bertz CT molecular complexity index is 646. The molecule has 1 saturated carbocycles. The Morgan fingerprint density at radius 2 is 2.05 bits per heavy atom. The van der Waals surface area contributed by atoms with E-state index in [1.807, 2.05) is 6.07 Å². The molecule has 0 atom stereocenters. The van der Waals surface area contributed by atoms with E-state index >= 15 is 0 Å². The van der Waals surface area contributed by atoms with Crippen molar-refractivity contribution in [3.63, 3.8) is 0 Å². The minimum absolute atomic E-state index is 0.0379. The molecule has 0 amide bonds. The fourth-order valence-electron chi connectivity index (χ4n) is 2.78. The van der Waals surface area contributed by atoms with Crippen molar-refractivity contribution < 1.29 is 13.5 Å². The van der Waals surface area contributed by atoms with Crippen molar-refractivity contribution in [1.82, 2.24) is 4.31 Å². The lowest BCUT2D eigenvalue weighted by molar-refractivity contribution is 0.226. The number of benzene rings is 1. The molecule has 0 aliphatic heterocycles. The number of sulfonamides is 1. The second-order valence-electron chi connectivity index (χ2n) is 5.15. The van der Waals surface area contributed by atoms with Crippen molar-refractivity contribution in [2.75, 3.05) is 18.9 Å². The zero-order chi connectivity index (χ0) is 15.5. The van der Waals surface area contributed by atoms with Gasteiger partial charge in [0.05, 0.1) is 12.2 Å². The first-order valence-corrected chi connectivity index (χ1v) is 8.37. The minimum atomic E-state index is -3.81. The first kappa shape index (κ1) is 15.8. The van der Waals surface area contributed by atoms with Crippen molar-refractivity contribution in [1.29, 1.82) is 5.26 Å². The highest BCUT2D eigenvalue weighted by atomic mass is 32.2. The molecule has 2 rings (SSSR count). The Morgan fingerprint density at radius 3 is 2.62 bits per heavy atom. The molecule has 1 aliphatic carbocycles. The second kappa shape index (κ2) is 6.43. The van der Waals surface area contributed by atoms with Gasteiger partial charge in [0, 0.05) is 18.3 Å². The standard InChI is InChI=1S/C14H19N3O3S/c15-10-11-9-12(16)5-6-14(11)21(19,20)17(7-8-18)13-3-1-2-4-13/h5-6,9,13,18H,1-4,7-8,16H2. The van der Waals surface area contributed by atoms with Crippen LogP contribution in [0.2, 0.25) is 0 Å². The van der Waals surface area contributed by atoms with Crippen molar-refractivity contribution in [2.24, 2.45) is 0 Å². The number of nitrogen functional groups attached to an aromatic ring is 1. The van der Waals surface area contributed by atoms with E-state index in [0.717, 1.165) is 25.7 Å². The molecule has 1 aromatic rings. The lowest BCUT2D eigenvalue weighted by atomic mass is 10.2. The van der Waals surface area contributed by atoms with Crippen LogP contribution in [0.25, 0.3) is 0 Å². The third kappa shape index (κ3) is 3.18. The van der Waals surface area contributed by atoms with Crippen LogP contribution >= 0.6 is 0 Å². The number of nitriles is 1. The molecule has 6 nitrogen and oxygen atoms in total. The summed E-state index contributed by atoms with van der Waals surface area (Å²) in [5.74, 6) is 0. The molecule has 21 heavy (non-hydrogen) atoms. The number of nitrogens with zero attached hydrogens (tertiary/aromatic N) is 2. The van der Waals surface area contributed by atoms with E-state index in [2.05, 4.69) is 0 Å². The molecule has 0 heterocycles. The monoisotopic (exact) mass is 309 g/mol. The molecule has 7 heteroatoms. The summed E-state index contributed by atoms with van der Waals surface area (Å²) in [5, 5.41) is 18.3. The van der Waals surface area contributed by atoms with E-state index in [0.29, 0.717) is 5.69 Å². The number of hydrogen-bond acceptors (Lipinski definition) is 5. The topological polar surface area (TPSA) is 107 Å². The first-order valence-electron chi connectivity index (χ1n) is 6.93. The molecule has 0 radical (unpaired) electrons. The van der Waals surface area contributed by atoms with Gasteiger partial charge >= 0.3 is 0 Å². The molecule has 1 aliphatic rings. The second-order valence-corrected chi connectivity index (χ2v) is 7.00. The first-order chi connectivity index (χ1) is 10.0. The van der Waals surface area contributed by atoms with Crippen LogP contribution in [0, 0.1) is 11.3 Å². The number of hydrogen-bond donors (Lipinski definition) is 2. The fraction of sp³-hybridized carbons (Fsp3) is 0.500. The molecular weight excluding hydrogens is 290 g/mol. The van der Waals surface area contributed by atoms with E-state index < -0.39 is 10.0 Å². The van der Waals surface area contributed by atoms with Gasteiger partial charge in [0.15, 0.2) is 0 Å². The SMILES string of the molecule is N#Cc1cc(N)ccc1S(=O)(=O)N(CCO)C1CCCC1. The maximum absolute atomic E-state index is 12.8. The molecule has 1 aromatic carbocycles. The minimum Gasteiger partial charge on any atom is -0.399 e. The third-order valence-corrected chi connectivity index (χ3v) is 5.77. The van der Waals surface area contributed by atoms with Crippen LogP contribution in [0.15, 0.2) is 23.1 Å². The Morgan fingerprint density at radius 1 is 1.38 bits per heavy atom. The van der Waals surface area contributed by atoms with Gasteiger partial charge in [-0.3, -0.25) is 0 Å². The van der Waals surface area contributed by atoms with Gasteiger partial charge < -0.3 is 10.8 Å². The van der Waals surface area contributed by atoms with Gasteiger partial charge in [0.1, 0.15) is 11.0 Å². The Kier molecular flexibility index (Phi) is 4.83. The number of aliphatic hydroxyl groups is 1. The Hall–Kier alpha value is -1.62. The highest BCUT2D eigenvalue weighted by molar-refractivity contribution is 7.89. The van der Waals surface area contributed by atoms with E-state index in [4.69, 9.17) is 11.0 Å². The average molecular weight is 309 g/mol. The Labute approximate surface area is 124 Å². The van der Waals surface area contributed by atoms with Crippen molar-refractivity contribution in [2.45, 2.75) is 36.6 Å². The van der Waals surface area contributed by atoms with E-state index in [9.17, 15) is 13.5 Å². The average Bonchev–Trinajstić information content (AvgIpc) is 2.97. The predicted octanol–water partition coefficient (Wildman–Crippen LogP) is 1.07. The van der Waals surface area contributed by atoms with E-state index in [1.165, 1.54) is 22.5 Å². The zero-order valence-corrected chi connectivity index (χ0v) is 12.5. The molecule has 3 N–H and O–H groups in total. The van der Waals surface area contributed by atoms with Crippen LogP contribution < -0.4 is 5.73 Å². The molecule has 0 bridgehead atoms. The Balaban J connectivity index is 2.45. The summed E-state index contributed by atoms with van der Waals surface area (Å²) in [6.07, 6.45) is 3.54. The number of rotatable bonds is 5. The summed E-state index contributed by atoms with van der Waals surface area (Å²) in [4.78, 5) is -0.0421. The van der Waals surface area contributed by atoms with Gasteiger partial charge in [-0.1, -0.05) is 12.8 Å². The van der Waals surface area contributed by atoms with Crippen LogP contribution in [0.3, 0.4) is 0 Å². The lowest BCUT2D eigenvalue weighted by Gasteiger charge is -2.27. The number of anilines is 1. The summed E-state index contributed by atoms with van der Waals surface area (Å²) < 4.78 is 27.0. The van der Waals surface area contributed by atoms with Crippen molar-refractivity contribution in [3.05, 3.63) is 23.8 Å². The normalized spacial score (nSPS) is 16.2. The van der Waals surface area contributed by atoms with E-state index in [-0.39, 0.29) is 29.7 Å². The zero-order valence-electron chi connectivity index (χ0n) is 11.7. The maximum Gasteiger partial charge on any atom is 0.244 e. The lowest BCUT2D eigenvalue weighted by Crippen LogP contribution is -2.40. The van der Waals surface area contributed by atoms with Crippen LogP contribution in [0.4, 0.5) is 5.69 Å². The summed E-state index contributed by atoms with van der Waals surface area (Å²) in [7, 11) is -3.81. The largest absolute Gasteiger partial charge is 0.399 e. The van der Waals surface area contributed by atoms with Gasteiger partial charge in [-0.15, -0.1) is 0 Å². The highest BCUT2D eigenvalue weighted by Gasteiger charge is 2.34. The van der Waals surface area contributed by atoms with Crippen LogP contribution in [0.5, 0.6) is 0 Å². The molecule has 0 spiro atoms. The predicted molar refractivity (Wildman–Crippen MR) is 78.8 cm³/mol. The van der Waals surface area contributed by atoms with Gasteiger partial charge in [-0.25, -0.2) is 8.42 Å². The van der Waals surface area contributed by atoms with Gasteiger partial charge in [-0.05, 0) is 31.0 Å². The van der Waals surface area contributed by atoms with Crippen LogP contribution in [-0.4, -0.2) is 37.0 Å². The summed E-state index contributed by atoms with van der Waals surface area (Å²) in [6, 6.07) is 5.97. The van der Waals surface area contributed by atoms with Crippen LogP contribution in [-0.2, 0) is 10.0 Å². The number of nitrogens with two attached hydrogens (primary N) is 1. The highest BCUT2D eigenvalue weighted by Crippen LogP contribution is 2.30. The number of aliphatic hydroxyl groups excluding tert-OH is 1. The molecule has 114 valence electrons. The van der Waals surface area contributed by atoms with Crippen LogP contribution in [0.1, 0.15) is 31.2 Å². The fourth-order valence-corrected chi connectivity index (χ4v) is 4.58. The maximum atomic E-state index is 12.8. The molecule has 0 saturated heterocycles. The molecule has 1 fully saturated rings. The van der Waals surface area contributed by atoms with Gasteiger partial charge in [0.25, 0.3) is 0 Å². The smallest absolute Gasteiger partial charge is 0.244 e. The third-order valence-electron chi connectivity index (χ3n) is 3.76. The van der Waals surface area contributed by atoms with Gasteiger partial charge in [0.2, 0.25) is 10.0 Å². The summed E-state index contributed by atoms with van der Waals surface area (Å²) in [6.45, 7) is -0.200. The molecular formula is C14H19N3O3S. The summed E-state index contributed by atoms with van der Waals surface area (Å²) in [5.41, 5.74) is 5.99. The van der Waals surface area contributed by atoms with Gasteiger partial charge in [-0.2, -0.15) is 9.57 Å². The molecule has 0 unspecified atom stereocenters. The van der Waals surface area contributed by atoms with Crippen molar-refractivity contribution >= 4 is 15.7 Å². The summed E-state index contributed by atoms with van der Waals surface area (Å²) >= 11 is 0. The van der Waals surface area contributed by atoms with E-state index in [1.54, 1.807) is 0 Å². The quantitative estimate of drug-likeness (QED) is 0.791.